The van der Waals surface area contributed by atoms with E-state index in [2.05, 4.69) is 17.6 Å². The van der Waals surface area contributed by atoms with Gasteiger partial charge in [-0.15, -0.1) is 0 Å². The minimum atomic E-state index is -1.08. The van der Waals surface area contributed by atoms with Gasteiger partial charge < -0.3 is 10.6 Å². The molecule has 0 bridgehead atoms. The summed E-state index contributed by atoms with van der Waals surface area (Å²) in [6.45, 7) is 4.25. The lowest BCUT2D eigenvalue weighted by Crippen LogP contribution is -2.44. The smallest absolute Gasteiger partial charge is 0.325 e. The molecule has 1 aliphatic rings. The van der Waals surface area contributed by atoms with Crippen LogP contribution in [0.3, 0.4) is 0 Å². The van der Waals surface area contributed by atoms with Crippen molar-refractivity contribution in [2.45, 2.75) is 45.1 Å². The van der Waals surface area contributed by atoms with Gasteiger partial charge in [-0.2, -0.15) is 0 Å². The lowest BCUT2D eigenvalue weighted by atomic mass is 9.87. The topological polar surface area (TPSA) is 78.5 Å². The molecule has 1 heterocycles. The van der Waals surface area contributed by atoms with Crippen LogP contribution in [-0.2, 0) is 15.1 Å². The van der Waals surface area contributed by atoms with E-state index in [4.69, 9.17) is 0 Å². The second-order valence-electron chi connectivity index (χ2n) is 6.00. The SMILES string of the molecule is CCCCCNC(=O)CN1C(=O)N[C@@](CC)(c2ccccc2)C1=O. The minimum absolute atomic E-state index is 0.245. The predicted octanol–water partition coefficient (Wildman–Crippen LogP) is 2.15. The van der Waals surface area contributed by atoms with E-state index >= 15 is 0 Å². The van der Waals surface area contributed by atoms with Crippen molar-refractivity contribution in [2.24, 2.45) is 0 Å². The Morgan fingerprint density at radius 2 is 1.88 bits per heavy atom. The van der Waals surface area contributed by atoms with Crippen molar-refractivity contribution in [1.82, 2.24) is 15.5 Å². The Bertz CT molecular complexity index is 603. The Labute approximate surface area is 142 Å². The molecular weight excluding hydrogens is 306 g/mol. The molecule has 24 heavy (non-hydrogen) atoms. The molecule has 0 aliphatic carbocycles. The van der Waals surface area contributed by atoms with Crippen molar-refractivity contribution >= 4 is 17.8 Å². The number of amides is 4. The van der Waals surface area contributed by atoms with E-state index in [1.54, 1.807) is 0 Å². The monoisotopic (exact) mass is 331 g/mol. The first kappa shape index (κ1) is 18.0. The summed E-state index contributed by atoms with van der Waals surface area (Å²) in [6, 6.07) is 8.63. The molecule has 6 nitrogen and oxygen atoms in total. The molecule has 2 rings (SSSR count). The van der Waals surface area contributed by atoms with Crippen molar-refractivity contribution in [2.75, 3.05) is 13.1 Å². The van der Waals surface area contributed by atoms with Gasteiger partial charge in [0.1, 0.15) is 12.1 Å². The van der Waals surface area contributed by atoms with Crippen LogP contribution in [0.15, 0.2) is 30.3 Å². The Morgan fingerprint density at radius 1 is 1.17 bits per heavy atom. The van der Waals surface area contributed by atoms with E-state index in [0.717, 1.165) is 29.7 Å². The first-order chi connectivity index (χ1) is 11.5. The average molecular weight is 331 g/mol. The summed E-state index contributed by atoms with van der Waals surface area (Å²) in [5, 5.41) is 5.53. The van der Waals surface area contributed by atoms with Crippen LogP contribution in [0.2, 0.25) is 0 Å². The van der Waals surface area contributed by atoms with E-state index in [-0.39, 0.29) is 18.4 Å². The molecule has 0 aromatic heterocycles. The molecule has 1 aliphatic heterocycles. The van der Waals surface area contributed by atoms with Gasteiger partial charge in [0.15, 0.2) is 0 Å². The van der Waals surface area contributed by atoms with Crippen LogP contribution >= 0.6 is 0 Å². The Morgan fingerprint density at radius 3 is 2.50 bits per heavy atom. The first-order valence-corrected chi connectivity index (χ1v) is 8.51. The molecule has 0 saturated carbocycles. The normalized spacial score (nSPS) is 20.2. The van der Waals surface area contributed by atoms with Gasteiger partial charge in [0.2, 0.25) is 5.91 Å². The summed E-state index contributed by atoms with van der Waals surface area (Å²) < 4.78 is 0. The van der Waals surface area contributed by atoms with E-state index in [0.29, 0.717) is 13.0 Å². The van der Waals surface area contributed by atoms with Crippen LogP contribution in [-0.4, -0.2) is 35.8 Å². The predicted molar refractivity (Wildman–Crippen MR) is 91.2 cm³/mol. The van der Waals surface area contributed by atoms with Gasteiger partial charge in [0.25, 0.3) is 5.91 Å². The molecule has 1 fully saturated rings. The average Bonchev–Trinajstić information content (AvgIpc) is 2.84. The number of hydrogen-bond donors (Lipinski definition) is 2. The van der Waals surface area contributed by atoms with Crippen molar-refractivity contribution in [1.29, 1.82) is 0 Å². The number of hydrogen-bond acceptors (Lipinski definition) is 3. The number of rotatable bonds is 8. The Kier molecular flexibility index (Phi) is 5.95. The molecule has 4 amide bonds. The van der Waals surface area contributed by atoms with Gasteiger partial charge in [-0.1, -0.05) is 57.0 Å². The zero-order chi connectivity index (χ0) is 17.6. The summed E-state index contributed by atoms with van der Waals surface area (Å²) in [4.78, 5) is 38.1. The van der Waals surface area contributed by atoms with Gasteiger partial charge in [0.05, 0.1) is 0 Å². The van der Waals surface area contributed by atoms with Gasteiger partial charge in [-0.25, -0.2) is 4.79 Å². The lowest BCUT2D eigenvalue weighted by Gasteiger charge is -2.25. The van der Waals surface area contributed by atoms with Gasteiger partial charge in [0, 0.05) is 6.54 Å². The minimum Gasteiger partial charge on any atom is -0.355 e. The fourth-order valence-corrected chi connectivity index (χ4v) is 2.93. The quantitative estimate of drug-likeness (QED) is 0.566. The van der Waals surface area contributed by atoms with Gasteiger partial charge in [-0.3, -0.25) is 14.5 Å². The van der Waals surface area contributed by atoms with Crippen LogP contribution in [0.5, 0.6) is 0 Å². The standard InChI is InChI=1S/C18H25N3O3/c1-3-5-9-12-19-15(22)13-21-16(23)18(4-2,20-17(21)24)14-10-7-6-8-11-14/h6-8,10-11H,3-5,9,12-13H2,1-2H3,(H,19,22)(H,20,24)/t18-/m0/s1. The maximum atomic E-state index is 12.8. The molecule has 0 unspecified atom stereocenters. The molecule has 1 aromatic rings. The van der Waals surface area contributed by atoms with Crippen LogP contribution in [0.4, 0.5) is 4.79 Å². The van der Waals surface area contributed by atoms with E-state index in [9.17, 15) is 14.4 Å². The fraction of sp³-hybridized carbons (Fsp3) is 0.500. The maximum Gasteiger partial charge on any atom is 0.325 e. The molecular formula is C18H25N3O3. The third-order valence-corrected chi connectivity index (χ3v) is 4.38. The molecule has 2 N–H and O–H groups in total. The number of urea groups is 1. The van der Waals surface area contributed by atoms with Gasteiger partial charge >= 0.3 is 6.03 Å². The summed E-state index contributed by atoms with van der Waals surface area (Å²) in [6.07, 6.45) is 3.43. The highest BCUT2D eigenvalue weighted by Crippen LogP contribution is 2.32. The summed E-state index contributed by atoms with van der Waals surface area (Å²) in [5.74, 6) is -0.681. The largest absolute Gasteiger partial charge is 0.355 e. The lowest BCUT2D eigenvalue weighted by molar-refractivity contribution is -0.135. The Balaban J connectivity index is 2.07. The summed E-state index contributed by atoms with van der Waals surface area (Å²) >= 11 is 0. The highest BCUT2D eigenvalue weighted by molar-refractivity contribution is 6.09. The summed E-state index contributed by atoms with van der Waals surface area (Å²) in [7, 11) is 0. The van der Waals surface area contributed by atoms with Crippen molar-refractivity contribution in [3.8, 4) is 0 Å². The fourth-order valence-electron chi connectivity index (χ4n) is 2.93. The number of nitrogens with one attached hydrogen (secondary N) is 2. The number of unbranched alkanes of at least 4 members (excludes halogenated alkanes) is 2. The molecule has 1 atom stereocenters. The van der Waals surface area contributed by atoms with Crippen LogP contribution in [0.25, 0.3) is 0 Å². The Hall–Kier alpha value is -2.37. The molecule has 0 spiro atoms. The van der Waals surface area contributed by atoms with Crippen LogP contribution < -0.4 is 10.6 Å². The molecule has 130 valence electrons. The number of benzene rings is 1. The number of nitrogens with zero attached hydrogens (tertiary/aromatic N) is 1. The highest BCUT2D eigenvalue weighted by Gasteiger charge is 2.51. The van der Waals surface area contributed by atoms with E-state index in [1.807, 2.05) is 37.3 Å². The number of carbonyl (C=O) groups is 3. The summed E-state index contributed by atoms with van der Waals surface area (Å²) in [5.41, 5.74) is -0.349. The van der Waals surface area contributed by atoms with Crippen molar-refractivity contribution < 1.29 is 14.4 Å². The molecule has 0 radical (unpaired) electrons. The van der Waals surface area contributed by atoms with E-state index in [1.165, 1.54) is 0 Å². The van der Waals surface area contributed by atoms with Crippen LogP contribution in [0, 0.1) is 0 Å². The highest BCUT2D eigenvalue weighted by atomic mass is 16.2. The molecule has 1 aromatic carbocycles. The van der Waals surface area contributed by atoms with E-state index < -0.39 is 11.6 Å². The third-order valence-electron chi connectivity index (χ3n) is 4.38. The second-order valence-corrected chi connectivity index (χ2v) is 6.00. The molecule has 6 heteroatoms. The van der Waals surface area contributed by atoms with Crippen LogP contribution in [0.1, 0.15) is 45.1 Å². The maximum absolute atomic E-state index is 12.8. The molecule has 1 saturated heterocycles. The van der Waals surface area contributed by atoms with Gasteiger partial charge in [-0.05, 0) is 18.4 Å². The second kappa shape index (κ2) is 7.95. The zero-order valence-electron chi connectivity index (χ0n) is 14.3. The first-order valence-electron chi connectivity index (χ1n) is 8.51. The zero-order valence-corrected chi connectivity index (χ0v) is 14.3. The third kappa shape index (κ3) is 3.58. The number of carbonyl (C=O) groups excluding carboxylic acids is 3. The van der Waals surface area contributed by atoms with Crippen molar-refractivity contribution in [3.05, 3.63) is 35.9 Å². The van der Waals surface area contributed by atoms with Crippen molar-refractivity contribution in [3.63, 3.8) is 0 Å². The number of imide groups is 1.